The molecule has 1 aromatic heterocycles. The second kappa shape index (κ2) is 9.22. The summed E-state index contributed by atoms with van der Waals surface area (Å²) in [6, 6.07) is 0.351. The Labute approximate surface area is 168 Å². The highest BCUT2D eigenvalue weighted by Gasteiger charge is 2.53. The van der Waals surface area contributed by atoms with E-state index < -0.39 is 0 Å². The molecule has 3 unspecified atom stereocenters. The van der Waals surface area contributed by atoms with Crippen LogP contribution in [0.1, 0.15) is 57.6 Å². The minimum absolute atomic E-state index is 0.155. The first-order valence-corrected chi connectivity index (χ1v) is 10.6. The van der Waals surface area contributed by atoms with Crippen molar-refractivity contribution in [2.45, 2.75) is 77.7 Å². The number of hydrogen-bond donors (Lipinski definition) is 2. The molecule has 2 aliphatic rings. The molecule has 1 aliphatic heterocycles. The van der Waals surface area contributed by atoms with Crippen molar-refractivity contribution in [1.82, 2.24) is 25.4 Å². The van der Waals surface area contributed by atoms with Gasteiger partial charge in [0, 0.05) is 38.8 Å². The first-order chi connectivity index (χ1) is 13.5. The Kier molecular flexibility index (Phi) is 6.93. The number of aliphatic imine (C=N–C) groups is 1. The minimum Gasteiger partial charge on any atom is -0.381 e. The molecule has 2 fully saturated rings. The van der Waals surface area contributed by atoms with E-state index in [9.17, 15) is 0 Å². The van der Waals surface area contributed by atoms with Crippen molar-refractivity contribution in [3.8, 4) is 0 Å². The zero-order chi connectivity index (χ0) is 20.1. The molecule has 8 heteroatoms. The molecule has 3 rings (SSSR count). The lowest BCUT2D eigenvalue weighted by molar-refractivity contribution is -0.118. The predicted octanol–water partition coefficient (Wildman–Crippen LogP) is 1.93. The van der Waals surface area contributed by atoms with Gasteiger partial charge in [-0.25, -0.2) is 4.99 Å². The third kappa shape index (κ3) is 4.17. The average molecular weight is 393 g/mol. The third-order valence-electron chi connectivity index (χ3n) is 6.78. The third-order valence-corrected chi connectivity index (χ3v) is 6.78. The first kappa shape index (κ1) is 21.0. The van der Waals surface area contributed by atoms with Crippen LogP contribution in [0.4, 0.5) is 0 Å². The Morgan fingerprint density at radius 3 is 2.71 bits per heavy atom. The number of hydrogen-bond acceptors (Lipinski definition) is 5. The molecule has 0 amide bonds. The van der Waals surface area contributed by atoms with Gasteiger partial charge in [0.2, 0.25) is 0 Å². The van der Waals surface area contributed by atoms with Gasteiger partial charge in [0.05, 0.1) is 12.2 Å². The quantitative estimate of drug-likeness (QED) is 0.519. The first-order valence-electron chi connectivity index (χ1n) is 10.6. The molecule has 1 aliphatic carbocycles. The van der Waals surface area contributed by atoms with Gasteiger partial charge in [0.1, 0.15) is 12.4 Å². The van der Waals surface area contributed by atoms with Crippen LogP contribution < -0.4 is 10.6 Å². The van der Waals surface area contributed by atoms with Gasteiger partial charge in [-0.2, -0.15) is 0 Å². The fourth-order valence-electron chi connectivity index (χ4n) is 4.55. The average Bonchev–Trinajstić information content (AvgIpc) is 3.32. The normalized spacial score (nSPS) is 26.9. The summed E-state index contributed by atoms with van der Waals surface area (Å²) >= 11 is 0. The summed E-state index contributed by atoms with van der Waals surface area (Å²) in [5.41, 5.74) is 0.155. The Bertz CT molecular complexity index is 664. The van der Waals surface area contributed by atoms with Crippen LogP contribution in [0.2, 0.25) is 0 Å². The van der Waals surface area contributed by atoms with Gasteiger partial charge in [-0.1, -0.05) is 13.8 Å². The van der Waals surface area contributed by atoms with Crippen LogP contribution in [0.15, 0.2) is 4.99 Å². The molecule has 3 atom stereocenters. The monoisotopic (exact) mass is 392 g/mol. The van der Waals surface area contributed by atoms with Gasteiger partial charge < -0.3 is 24.7 Å². The molecule has 8 nitrogen and oxygen atoms in total. The molecule has 0 aromatic carbocycles. The zero-order valence-electron chi connectivity index (χ0n) is 18.0. The largest absolute Gasteiger partial charge is 0.381 e. The Balaban J connectivity index is 1.70. The lowest BCUT2D eigenvalue weighted by Gasteiger charge is -2.55. The van der Waals surface area contributed by atoms with Gasteiger partial charge in [-0.05, 0) is 39.0 Å². The molecule has 2 N–H and O–H groups in total. The van der Waals surface area contributed by atoms with Crippen molar-refractivity contribution in [2.75, 3.05) is 20.3 Å². The van der Waals surface area contributed by atoms with E-state index >= 15 is 0 Å². The molecule has 0 bridgehead atoms. The van der Waals surface area contributed by atoms with Crippen LogP contribution in [0.25, 0.3) is 0 Å². The summed E-state index contributed by atoms with van der Waals surface area (Å²) in [5.74, 6) is 2.57. The standard InChI is InChI=1S/C20H36N6O2/c1-6-20(7-2)16(11-17(20)27-5)23-19(21-12-15-9-8-10-28-15)22-13-18-25-24-14(3)26(18)4/h15-17H,6-13H2,1-5H3,(H2,21,22,23). The van der Waals surface area contributed by atoms with Crippen molar-refractivity contribution >= 4 is 5.96 Å². The molecule has 0 spiro atoms. The fraction of sp³-hybridized carbons (Fsp3) is 0.850. The van der Waals surface area contributed by atoms with E-state index in [1.165, 1.54) is 0 Å². The zero-order valence-corrected chi connectivity index (χ0v) is 18.0. The second-order valence-electron chi connectivity index (χ2n) is 8.00. The number of aryl methyl sites for hydroxylation is 1. The minimum atomic E-state index is 0.155. The Hall–Kier alpha value is -1.67. The lowest BCUT2D eigenvalue weighted by atomic mass is 9.58. The number of aromatic nitrogens is 3. The van der Waals surface area contributed by atoms with E-state index in [1.807, 2.05) is 25.6 Å². The van der Waals surface area contributed by atoms with Crippen LogP contribution in [-0.4, -0.2) is 59.2 Å². The number of rotatable bonds is 8. The molecule has 28 heavy (non-hydrogen) atoms. The highest BCUT2D eigenvalue weighted by Crippen LogP contribution is 2.48. The summed E-state index contributed by atoms with van der Waals surface area (Å²) in [7, 11) is 3.80. The number of guanidine groups is 1. The fourth-order valence-corrected chi connectivity index (χ4v) is 4.55. The maximum Gasteiger partial charge on any atom is 0.192 e. The van der Waals surface area contributed by atoms with Crippen molar-refractivity contribution in [3.63, 3.8) is 0 Å². The van der Waals surface area contributed by atoms with E-state index in [2.05, 4.69) is 34.7 Å². The van der Waals surface area contributed by atoms with Crippen molar-refractivity contribution in [3.05, 3.63) is 11.6 Å². The molecule has 1 saturated carbocycles. The maximum absolute atomic E-state index is 5.76. The van der Waals surface area contributed by atoms with E-state index in [-0.39, 0.29) is 11.5 Å². The summed E-state index contributed by atoms with van der Waals surface area (Å²) in [4.78, 5) is 4.81. The number of methoxy groups -OCH3 is 1. The number of ether oxygens (including phenoxy) is 2. The molecule has 1 saturated heterocycles. The predicted molar refractivity (Wildman–Crippen MR) is 109 cm³/mol. The van der Waals surface area contributed by atoms with E-state index in [0.717, 1.165) is 62.9 Å². The summed E-state index contributed by atoms with van der Waals surface area (Å²) in [5, 5.41) is 15.5. The van der Waals surface area contributed by atoms with E-state index in [4.69, 9.17) is 14.5 Å². The maximum atomic E-state index is 5.76. The second-order valence-corrected chi connectivity index (χ2v) is 8.00. The van der Waals surface area contributed by atoms with Gasteiger partial charge in [0.15, 0.2) is 11.8 Å². The van der Waals surface area contributed by atoms with Gasteiger partial charge in [-0.15, -0.1) is 10.2 Å². The van der Waals surface area contributed by atoms with Crippen LogP contribution in [-0.2, 0) is 23.1 Å². The van der Waals surface area contributed by atoms with E-state index in [1.54, 1.807) is 0 Å². The van der Waals surface area contributed by atoms with E-state index in [0.29, 0.717) is 18.7 Å². The Morgan fingerprint density at radius 2 is 2.14 bits per heavy atom. The SMILES string of the molecule is CCC1(CC)C(NC(=NCc2nnc(C)n2C)NCC2CCCO2)CC1OC. The number of nitrogens with zero attached hydrogens (tertiary/aromatic N) is 4. The summed E-state index contributed by atoms with van der Waals surface area (Å²) in [6.07, 6.45) is 5.98. The van der Waals surface area contributed by atoms with Crippen molar-refractivity contribution < 1.29 is 9.47 Å². The highest BCUT2D eigenvalue weighted by atomic mass is 16.5. The molecule has 2 heterocycles. The highest BCUT2D eigenvalue weighted by molar-refractivity contribution is 5.80. The van der Waals surface area contributed by atoms with Crippen LogP contribution >= 0.6 is 0 Å². The van der Waals surface area contributed by atoms with Gasteiger partial charge in [0.25, 0.3) is 0 Å². The van der Waals surface area contributed by atoms with Crippen LogP contribution in [0.5, 0.6) is 0 Å². The Morgan fingerprint density at radius 1 is 1.36 bits per heavy atom. The molecule has 1 aromatic rings. The van der Waals surface area contributed by atoms with Gasteiger partial charge in [-0.3, -0.25) is 0 Å². The lowest BCUT2D eigenvalue weighted by Crippen LogP contribution is -2.65. The molecular weight excluding hydrogens is 356 g/mol. The molecular formula is C20H36N6O2. The van der Waals surface area contributed by atoms with Crippen molar-refractivity contribution in [1.29, 1.82) is 0 Å². The number of nitrogens with one attached hydrogen (secondary N) is 2. The topological polar surface area (TPSA) is 85.6 Å². The summed E-state index contributed by atoms with van der Waals surface area (Å²) < 4.78 is 13.5. The summed E-state index contributed by atoms with van der Waals surface area (Å²) in [6.45, 7) is 8.58. The molecule has 158 valence electrons. The molecule has 0 radical (unpaired) electrons. The van der Waals surface area contributed by atoms with Crippen molar-refractivity contribution in [2.24, 2.45) is 17.5 Å². The smallest absolute Gasteiger partial charge is 0.192 e. The van der Waals surface area contributed by atoms with Crippen LogP contribution in [0.3, 0.4) is 0 Å². The van der Waals surface area contributed by atoms with Gasteiger partial charge >= 0.3 is 0 Å². The van der Waals surface area contributed by atoms with Crippen LogP contribution in [0, 0.1) is 12.3 Å².